The number of fused-ring (bicyclic) bond motifs is 3. The van der Waals surface area contributed by atoms with Gasteiger partial charge in [0.15, 0.2) is 0 Å². The van der Waals surface area contributed by atoms with Crippen LogP contribution in [-0.4, -0.2) is 0 Å². The normalized spacial score (nSPS) is 14.1. The molecule has 0 aliphatic heterocycles. The molecule has 0 unspecified atom stereocenters. The summed E-state index contributed by atoms with van der Waals surface area (Å²) in [5.41, 5.74) is 12.4. The van der Waals surface area contributed by atoms with E-state index in [-0.39, 0.29) is 35.6 Å². The van der Waals surface area contributed by atoms with E-state index in [1.165, 1.54) is 33.4 Å². The van der Waals surface area contributed by atoms with Crippen LogP contribution in [0.3, 0.4) is 0 Å². The summed E-state index contributed by atoms with van der Waals surface area (Å²) in [4.78, 5) is 0. The second-order valence-corrected chi connectivity index (χ2v) is 14.2. The number of rotatable bonds is 2. The molecule has 0 bridgehead atoms. The van der Waals surface area contributed by atoms with Crippen LogP contribution in [-0.2, 0) is 40.5 Å². The van der Waals surface area contributed by atoms with Crippen LogP contribution in [0.15, 0.2) is 63.0 Å². The van der Waals surface area contributed by atoms with Gasteiger partial charge in [0.05, 0.1) is 0 Å². The molecule has 0 saturated heterocycles. The van der Waals surface area contributed by atoms with Crippen molar-refractivity contribution >= 4 is 3.27 Å². The Hall–Kier alpha value is -0.877. The SMILES string of the molecule is CC(C)=C1C=CC=[C]1[Zr+2][c]1c(C(C)(C)C)ccc2c1Cc1cc(C(C)(C)C)ccc1-2.[Cl-].[Cl-]. The van der Waals surface area contributed by atoms with Crippen molar-refractivity contribution in [3.8, 4) is 11.1 Å². The maximum absolute atomic E-state index is 2.47. The Morgan fingerprint density at radius 1 is 0.844 bits per heavy atom. The molecule has 3 heteroatoms. The molecule has 32 heavy (non-hydrogen) atoms. The first-order valence-corrected chi connectivity index (χ1v) is 13.6. The van der Waals surface area contributed by atoms with Gasteiger partial charge < -0.3 is 24.8 Å². The van der Waals surface area contributed by atoms with Crippen molar-refractivity contribution in [3.63, 3.8) is 0 Å². The van der Waals surface area contributed by atoms with E-state index >= 15 is 0 Å². The van der Waals surface area contributed by atoms with Crippen LogP contribution in [0.4, 0.5) is 0 Å². The Morgan fingerprint density at radius 3 is 2.09 bits per heavy atom. The number of hydrogen-bond acceptors (Lipinski definition) is 0. The molecule has 0 saturated carbocycles. The van der Waals surface area contributed by atoms with Crippen LogP contribution in [0.2, 0.25) is 0 Å². The third kappa shape index (κ3) is 5.11. The average Bonchev–Trinajstić information content (AvgIpc) is 3.24. The van der Waals surface area contributed by atoms with Crippen LogP contribution in [0, 0.1) is 0 Å². The summed E-state index contributed by atoms with van der Waals surface area (Å²) in [7, 11) is 0. The maximum atomic E-state index is 2.47. The molecule has 0 spiro atoms. The van der Waals surface area contributed by atoms with E-state index in [1.54, 1.807) is 17.7 Å². The van der Waals surface area contributed by atoms with Gasteiger partial charge in [0, 0.05) is 0 Å². The van der Waals surface area contributed by atoms with Crippen molar-refractivity contribution in [2.75, 3.05) is 0 Å². The Morgan fingerprint density at radius 2 is 1.50 bits per heavy atom. The molecule has 2 aromatic carbocycles. The smallest absolute Gasteiger partial charge is 1.00 e. The van der Waals surface area contributed by atoms with Crippen LogP contribution < -0.4 is 28.1 Å². The van der Waals surface area contributed by atoms with Crippen LogP contribution in [0.25, 0.3) is 11.1 Å². The molecule has 0 nitrogen and oxygen atoms in total. The Bertz CT molecular complexity index is 1120. The van der Waals surface area contributed by atoms with Gasteiger partial charge in [-0.2, -0.15) is 0 Å². The first kappa shape index (κ1) is 27.4. The predicted octanol–water partition coefficient (Wildman–Crippen LogP) is 1.36. The zero-order chi connectivity index (χ0) is 21.8. The monoisotopic (exact) mass is 542 g/mol. The van der Waals surface area contributed by atoms with E-state index < -0.39 is 23.2 Å². The summed E-state index contributed by atoms with van der Waals surface area (Å²) in [5.74, 6) is 0. The predicted molar refractivity (Wildman–Crippen MR) is 127 cm³/mol. The second-order valence-electron chi connectivity index (χ2n) is 11.0. The van der Waals surface area contributed by atoms with Crippen molar-refractivity contribution < 1.29 is 48.0 Å². The first-order valence-electron chi connectivity index (χ1n) is 11.1. The fourth-order valence-corrected chi connectivity index (χ4v) is 9.24. The maximum Gasteiger partial charge on any atom is -1.00 e. The molecule has 0 aromatic heterocycles. The van der Waals surface area contributed by atoms with Gasteiger partial charge in [-0.05, 0) is 0 Å². The zero-order valence-corrected chi connectivity index (χ0v) is 24.6. The molecule has 0 amide bonds. The third-order valence-electron chi connectivity index (χ3n) is 6.36. The zero-order valence-electron chi connectivity index (χ0n) is 20.6. The van der Waals surface area contributed by atoms with E-state index in [0.717, 1.165) is 6.42 Å². The van der Waals surface area contributed by atoms with Crippen molar-refractivity contribution in [2.24, 2.45) is 0 Å². The number of benzene rings is 2. The largest absolute Gasteiger partial charge is 1.00 e. The molecule has 0 fully saturated rings. The van der Waals surface area contributed by atoms with Gasteiger partial charge in [0.2, 0.25) is 0 Å². The van der Waals surface area contributed by atoms with Gasteiger partial charge in [-0.3, -0.25) is 0 Å². The van der Waals surface area contributed by atoms with Crippen molar-refractivity contribution in [1.29, 1.82) is 0 Å². The molecule has 0 radical (unpaired) electrons. The molecule has 4 rings (SSSR count). The van der Waals surface area contributed by atoms with Crippen molar-refractivity contribution in [1.82, 2.24) is 0 Å². The van der Waals surface area contributed by atoms with Gasteiger partial charge in [-0.25, -0.2) is 0 Å². The molecule has 0 atom stereocenters. The second kappa shape index (κ2) is 9.78. The van der Waals surface area contributed by atoms with Gasteiger partial charge in [0.1, 0.15) is 0 Å². The quantitative estimate of drug-likeness (QED) is 0.457. The fraction of sp³-hybridized carbons (Fsp3) is 0.379. The minimum Gasteiger partial charge on any atom is -1.00 e. The molecule has 2 aromatic rings. The van der Waals surface area contributed by atoms with Gasteiger partial charge in [-0.1, -0.05) is 0 Å². The molecule has 2 aliphatic rings. The molecular formula is C29H34Cl2Zr. The molecule has 168 valence electrons. The average molecular weight is 545 g/mol. The minimum atomic E-state index is -0.921. The summed E-state index contributed by atoms with van der Waals surface area (Å²) >= 11 is -0.921. The van der Waals surface area contributed by atoms with Crippen LogP contribution in [0.5, 0.6) is 0 Å². The van der Waals surface area contributed by atoms with E-state index in [9.17, 15) is 0 Å². The van der Waals surface area contributed by atoms with Gasteiger partial charge in [-0.15, -0.1) is 0 Å². The van der Waals surface area contributed by atoms with E-state index in [4.69, 9.17) is 0 Å². The molecule has 2 aliphatic carbocycles. The molecule has 0 N–H and O–H groups in total. The Labute approximate surface area is 219 Å². The number of hydrogen-bond donors (Lipinski definition) is 0. The molecular weight excluding hydrogens is 510 g/mol. The van der Waals surface area contributed by atoms with Crippen molar-refractivity contribution in [3.05, 3.63) is 85.2 Å². The summed E-state index contributed by atoms with van der Waals surface area (Å²) in [6, 6.07) is 12.0. The standard InChI is InChI=1S/C21H25.C8H9.2ClH.Zr/c1-20(2,3)16-7-9-18-14(12-16)11-15-13-17(21(4,5)6)8-10-19(15)18;1-7(2)8-5-3-4-6-8;;;/h7-10,12H,11H2,1-6H3;3-5H,1-2H3;2*1H;/q;;;;+2/p-2. The van der Waals surface area contributed by atoms with Gasteiger partial charge >= 0.3 is 196 Å². The first-order chi connectivity index (χ1) is 14.0. The van der Waals surface area contributed by atoms with E-state index in [0.29, 0.717) is 0 Å². The van der Waals surface area contributed by atoms with Gasteiger partial charge in [0.25, 0.3) is 0 Å². The minimum absolute atomic E-state index is 0. The number of halogens is 2. The summed E-state index contributed by atoms with van der Waals surface area (Å²) in [6.45, 7) is 18.6. The van der Waals surface area contributed by atoms with Crippen molar-refractivity contribution in [2.45, 2.75) is 72.6 Å². The van der Waals surface area contributed by atoms with Crippen LogP contribution in [0.1, 0.15) is 77.6 Å². The molecule has 0 heterocycles. The van der Waals surface area contributed by atoms with Crippen LogP contribution >= 0.6 is 0 Å². The summed E-state index contributed by atoms with van der Waals surface area (Å²) in [5, 5.41) is 0. The van der Waals surface area contributed by atoms with E-state index in [1.807, 2.05) is 0 Å². The third-order valence-corrected chi connectivity index (χ3v) is 10.1. The Kier molecular flexibility index (Phi) is 8.36. The summed E-state index contributed by atoms with van der Waals surface area (Å²) < 4.78 is 3.34. The topological polar surface area (TPSA) is 0 Å². The summed E-state index contributed by atoms with van der Waals surface area (Å²) in [6.07, 6.45) is 8.05. The van der Waals surface area contributed by atoms with E-state index in [2.05, 4.69) is 104 Å². The fourth-order valence-electron chi connectivity index (χ4n) is 4.61. The Balaban J connectivity index is 0.00000181. The number of allylic oxidation sites excluding steroid dienone is 6.